The maximum atomic E-state index is 12.4. The molecule has 0 saturated carbocycles. The molecule has 2 aromatic heterocycles. The summed E-state index contributed by atoms with van der Waals surface area (Å²) in [4.78, 5) is 24.8. The highest BCUT2D eigenvalue weighted by molar-refractivity contribution is 7.71. The van der Waals surface area contributed by atoms with Crippen molar-refractivity contribution in [3.05, 3.63) is 21.9 Å². The van der Waals surface area contributed by atoms with Gasteiger partial charge in [0.05, 0.1) is 12.4 Å². The largest absolute Gasteiger partial charge is 0.493 e. The zero-order valence-electron chi connectivity index (χ0n) is 23.2. The second kappa shape index (κ2) is 13.0. The van der Waals surface area contributed by atoms with E-state index >= 15 is 0 Å². The van der Waals surface area contributed by atoms with Crippen molar-refractivity contribution in [1.29, 1.82) is 0 Å². The Balaban J connectivity index is 1.72. The van der Waals surface area contributed by atoms with E-state index in [0.717, 1.165) is 0 Å². The number of aromatic nitrogens is 4. The quantitative estimate of drug-likeness (QED) is 0.227. The van der Waals surface area contributed by atoms with E-state index in [1.165, 1.54) is 0 Å². The summed E-state index contributed by atoms with van der Waals surface area (Å²) in [7, 11) is 0. The van der Waals surface area contributed by atoms with E-state index in [4.69, 9.17) is 24.4 Å². The van der Waals surface area contributed by atoms with Crippen molar-refractivity contribution >= 4 is 36.0 Å². The molecule has 0 fully saturated rings. The van der Waals surface area contributed by atoms with Crippen LogP contribution in [0.15, 0.2) is 12.4 Å². The fourth-order valence-corrected chi connectivity index (χ4v) is 5.99. The van der Waals surface area contributed by atoms with E-state index < -0.39 is 11.1 Å². The lowest BCUT2D eigenvalue weighted by atomic mass is 9.94. The van der Waals surface area contributed by atoms with Crippen molar-refractivity contribution in [2.24, 2.45) is 0 Å². The van der Waals surface area contributed by atoms with Gasteiger partial charge in [-0.05, 0) is 98.1 Å². The first-order valence-corrected chi connectivity index (χ1v) is 14.1. The SMILES string of the molecule is CCn1cc(O)n(C(C)(C)CCCC(=O)CCCC(=O)CCCC(C)(C)n2c(O)cn(CC)c2=S)c1=S. The Morgan fingerprint density at radius 1 is 0.703 bits per heavy atom. The van der Waals surface area contributed by atoms with Gasteiger partial charge in [0.15, 0.2) is 9.54 Å². The van der Waals surface area contributed by atoms with E-state index in [1.807, 2.05) is 50.7 Å². The van der Waals surface area contributed by atoms with Crippen LogP contribution in [-0.2, 0) is 33.8 Å². The number of aromatic hydroxyl groups is 2. The van der Waals surface area contributed by atoms with Gasteiger partial charge in [-0.25, -0.2) is 0 Å². The van der Waals surface area contributed by atoms with Crippen molar-refractivity contribution in [2.75, 3.05) is 0 Å². The van der Waals surface area contributed by atoms with Crippen LogP contribution in [0.2, 0.25) is 0 Å². The maximum absolute atomic E-state index is 12.4. The van der Waals surface area contributed by atoms with Crippen LogP contribution >= 0.6 is 24.4 Å². The van der Waals surface area contributed by atoms with Crippen LogP contribution < -0.4 is 0 Å². The Morgan fingerprint density at radius 2 is 1.03 bits per heavy atom. The van der Waals surface area contributed by atoms with Gasteiger partial charge in [0.2, 0.25) is 11.8 Å². The molecule has 0 bridgehead atoms. The number of hydrogen-bond donors (Lipinski definition) is 2. The van der Waals surface area contributed by atoms with Gasteiger partial charge < -0.3 is 19.3 Å². The summed E-state index contributed by atoms with van der Waals surface area (Å²) in [5, 5.41) is 20.6. The second-order valence-electron chi connectivity index (χ2n) is 11.0. The summed E-state index contributed by atoms with van der Waals surface area (Å²) in [6.07, 6.45) is 8.40. The highest BCUT2D eigenvalue weighted by Crippen LogP contribution is 2.30. The minimum absolute atomic E-state index is 0.143. The zero-order chi connectivity index (χ0) is 28.0. The number of imidazole rings is 2. The van der Waals surface area contributed by atoms with Gasteiger partial charge in [-0.3, -0.25) is 18.7 Å². The molecule has 8 nitrogen and oxygen atoms in total. The molecule has 0 atom stereocenters. The molecule has 0 spiro atoms. The van der Waals surface area contributed by atoms with Gasteiger partial charge in [0, 0.05) is 49.9 Å². The van der Waals surface area contributed by atoms with Crippen LogP contribution in [0.3, 0.4) is 0 Å². The van der Waals surface area contributed by atoms with Crippen LogP contribution in [0.1, 0.15) is 99.3 Å². The average molecular weight is 553 g/mol. The number of aryl methyl sites for hydroxylation is 2. The molecule has 2 N–H and O–H groups in total. The smallest absolute Gasteiger partial charge is 0.210 e. The van der Waals surface area contributed by atoms with Crippen LogP contribution in [-0.4, -0.2) is 40.0 Å². The molecule has 2 rings (SSSR count). The fraction of sp³-hybridized carbons (Fsp3) is 0.704. The Morgan fingerprint density at radius 3 is 1.32 bits per heavy atom. The summed E-state index contributed by atoms with van der Waals surface area (Å²) in [6, 6.07) is 0. The minimum Gasteiger partial charge on any atom is -0.493 e. The first-order chi connectivity index (χ1) is 17.2. The van der Waals surface area contributed by atoms with Gasteiger partial charge >= 0.3 is 0 Å². The molecule has 0 unspecified atom stereocenters. The number of nitrogens with zero attached hydrogens (tertiary/aromatic N) is 4. The molecule has 208 valence electrons. The number of hydrogen-bond acceptors (Lipinski definition) is 6. The first-order valence-electron chi connectivity index (χ1n) is 13.3. The summed E-state index contributed by atoms with van der Waals surface area (Å²) >= 11 is 11.0. The molecule has 0 radical (unpaired) electrons. The Bertz CT molecular complexity index is 1110. The predicted octanol–water partition coefficient (Wildman–Crippen LogP) is 6.62. The Labute approximate surface area is 230 Å². The summed E-state index contributed by atoms with van der Waals surface area (Å²) in [5.41, 5.74) is -0.794. The topological polar surface area (TPSA) is 94.3 Å². The maximum Gasteiger partial charge on any atom is 0.210 e. The minimum atomic E-state index is -0.397. The van der Waals surface area contributed by atoms with Crippen LogP contribution in [0, 0.1) is 9.54 Å². The lowest BCUT2D eigenvalue weighted by Gasteiger charge is -2.27. The first kappa shape index (κ1) is 31.0. The van der Waals surface area contributed by atoms with Gasteiger partial charge in [-0.15, -0.1) is 0 Å². The van der Waals surface area contributed by atoms with Crippen LogP contribution in [0.25, 0.3) is 0 Å². The van der Waals surface area contributed by atoms with E-state index in [-0.39, 0.29) is 23.3 Å². The highest BCUT2D eigenvalue weighted by atomic mass is 32.1. The molecule has 0 aliphatic heterocycles. The van der Waals surface area contributed by atoms with Gasteiger partial charge in [-0.2, -0.15) is 0 Å². The third-order valence-electron chi connectivity index (χ3n) is 7.17. The van der Waals surface area contributed by atoms with Gasteiger partial charge in [-0.1, -0.05) is 0 Å². The fourth-order valence-electron chi connectivity index (χ4n) is 4.94. The number of Topliss-reactive ketones (excluding diaryl/α,β-unsaturated/α-hetero) is 2. The summed E-state index contributed by atoms with van der Waals surface area (Å²) in [5.74, 6) is 0.608. The number of rotatable bonds is 16. The zero-order valence-corrected chi connectivity index (χ0v) is 24.9. The molecule has 2 aromatic rings. The Kier molecular flexibility index (Phi) is 10.9. The summed E-state index contributed by atoms with van der Waals surface area (Å²) < 4.78 is 8.33. The van der Waals surface area contributed by atoms with Crippen LogP contribution in [0.5, 0.6) is 11.8 Å². The standard InChI is InChI=1S/C27H44N4O4S2/c1-7-28-18-22(34)30(24(28)36)26(3,4)16-10-14-20(32)12-9-13-21(33)15-11-17-27(5,6)31-23(35)19-29(8-2)25(31)37/h18-19,34-35H,7-17H2,1-6H3. The molecular weight excluding hydrogens is 508 g/mol. The average Bonchev–Trinajstić information content (AvgIpc) is 3.27. The van der Waals surface area contributed by atoms with Crippen LogP contribution in [0.4, 0.5) is 0 Å². The van der Waals surface area contributed by atoms with Crippen molar-refractivity contribution < 1.29 is 19.8 Å². The molecule has 0 saturated heterocycles. The second-order valence-corrected chi connectivity index (χ2v) is 11.8. The molecule has 2 heterocycles. The molecule has 0 aliphatic carbocycles. The van der Waals surface area contributed by atoms with Crippen molar-refractivity contribution in [2.45, 2.75) is 123 Å². The lowest BCUT2D eigenvalue weighted by molar-refractivity contribution is -0.120. The molecule has 37 heavy (non-hydrogen) atoms. The number of carbonyl (C=O) groups excluding carboxylic acids is 2. The summed E-state index contributed by atoms with van der Waals surface area (Å²) in [6.45, 7) is 13.4. The Hall–Kier alpha value is -2.20. The molecule has 0 amide bonds. The molecular formula is C27H44N4O4S2. The molecule has 10 heteroatoms. The normalized spacial score (nSPS) is 12.3. The van der Waals surface area contributed by atoms with Crippen molar-refractivity contribution in [1.82, 2.24) is 18.3 Å². The molecule has 0 aliphatic rings. The molecule has 0 aromatic carbocycles. The van der Waals surface area contributed by atoms with Crippen molar-refractivity contribution in [3.63, 3.8) is 0 Å². The lowest BCUT2D eigenvalue weighted by Crippen LogP contribution is -2.26. The van der Waals surface area contributed by atoms with E-state index in [9.17, 15) is 19.8 Å². The monoisotopic (exact) mass is 552 g/mol. The van der Waals surface area contributed by atoms with Gasteiger partial charge in [0.25, 0.3) is 0 Å². The van der Waals surface area contributed by atoms with E-state index in [0.29, 0.717) is 80.4 Å². The van der Waals surface area contributed by atoms with E-state index in [2.05, 4.69) is 0 Å². The van der Waals surface area contributed by atoms with Gasteiger partial charge in [0.1, 0.15) is 11.6 Å². The highest BCUT2D eigenvalue weighted by Gasteiger charge is 2.26. The third kappa shape index (κ3) is 7.89. The predicted molar refractivity (Wildman–Crippen MR) is 151 cm³/mol. The number of carbonyl (C=O) groups is 2. The third-order valence-corrected chi connectivity index (χ3v) is 8.00. The van der Waals surface area contributed by atoms with Crippen molar-refractivity contribution in [3.8, 4) is 11.8 Å². The number of ketones is 2. The van der Waals surface area contributed by atoms with E-state index in [1.54, 1.807) is 21.5 Å².